The largest absolute Gasteiger partial charge is 0.497 e. The van der Waals surface area contributed by atoms with Crippen molar-refractivity contribution in [3.63, 3.8) is 0 Å². The van der Waals surface area contributed by atoms with Gasteiger partial charge in [0.25, 0.3) is 0 Å². The van der Waals surface area contributed by atoms with Crippen LogP contribution in [-0.2, 0) is 25.9 Å². The van der Waals surface area contributed by atoms with Crippen LogP contribution in [0.3, 0.4) is 0 Å². The lowest BCUT2D eigenvalue weighted by Gasteiger charge is -2.12. The van der Waals surface area contributed by atoms with E-state index in [-0.39, 0.29) is 0 Å². The Labute approximate surface area is 156 Å². The van der Waals surface area contributed by atoms with Crippen molar-refractivity contribution in [1.82, 2.24) is 15.8 Å². The molecule has 1 aromatic carbocycles. The van der Waals surface area contributed by atoms with Gasteiger partial charge in [0, 0.05) is 25.1 Å². The average molecular weight is 358 g/mol. The Morgan fingerprint density at radius 3 is 2.62 bits per heavy atom. The molecule has 142 valence electrons. The third kappa shape index (κ3) is 5.25. The van der Waals surface area contributed by atoms with E-state index in [1.54, 1.807) is 7.11 Å². The van der Waals surface area contributed by atoms with E-state index >= 15 is 0 Å². The summed E-state index contributed by atoms with van der Waals surface area (Å²) in [6.07, 6.45) is 1.69. The summed E-state index contributed by atoms with van der Waals surface area (Å²) in [6, 6.07) is 6.16. The molecule has 0 saturated heterocycles. The Bertz CT molecular complexity index is 716. The average Bonchev–Trinajstić information content (AvgIpc) is 3.05. The molecular formula is C20H30N4O2. The normalized spacial score (nSPS) is 11.5. The van der Waals surface area contributed by atoms with Crippen molar-refractivity contribution < 1.29 is 9.26 Å². The van der Waals surface area contributed by atoms with Crippen LogP contribution in [0.2, 0.25) is 0 Å². The molecule has 0 aliphatic heterocycles. The maximum absolute atomic E-state index is 5.43. The van der Waals surface area contributed by atoms with Gasteiger partial charge in [-0.05, 0) is 43.5 Å². The molecule has 0 spiro atoms. The number of hydrogen-bond acceptors (Lipinski definition) is 4. The summed E-state index contributed by atoms with van der Waals surface area (Å²) in [6.45, 7) is 10.3. The highest BCUT2D eigenvalue weighted by Gasteiger charge is 2.13. The number of benzene rings is 1. The predicted molar refractivity (Wildman–Crippen MR) is 105 cm³/mol. The lowest BCUT2D eigenvalue weighted by Crippen LogP contribution is -2.37. The summed E-state index contributed by atoms with van der Waals surface area (Å²) in [5.41, 5.74) is 4.43. The summed E-state index contributed by atoms with van der Waals surface area (Å²) in [7, 11) is 1.68. The molecular weight excluding hydrogens is 328 g/mol. The molecule has 0 aliphatic rings. The second-order valence-electron chi connectivity index (χ2n) is 6.15. The van der Waals surface area contributed by atoms with Crippen LogP contribution in [0, 0.1) is 6.92 Å². The van der Waals surface area contributed by atoms with E-state index in [9.17, 15) is 0 Å². The summed E-state index contributed by atoms with van der Waals surface area (Å²) in [5, 5.41) is 10.8. The molecule has 6 nitrogen and oxygen atoms in total. The van der Waals surface area contributed by atoms with Gasteiger partial charge in [-0.3, -0.25) is 0 Å². The maximum atomic E-state index is 5.43. The van der Waals surface area contributed by atoms with Crippen molar-refractivity contribution in [3.05, 3.63) is 46.3 Å². The minimum atomic E-state index is 0.582. The first-order valence-electron chi connectivity index (χ1n) is 9.24. The molecule has 0 bridgehead atoms. The van der Waals surface area contributed by atoms with E-state index in [0.29, 0.717) is 13.1 Å². The first kappa shape index (κ1) is 19.8. The molecule has 1 heterocycles. The topological polar surface area (TPSA) is 71.7 Å². The van der Waals surface area contributed by atoms with Crippen LogP contribution in [0.1, 0.15) is 48.9 Å². The maximum Gasteiger partial charge on any atom is 0.191 e. The third-order valence-electron chi connectivity index (χ3n) is 4.15. The SMILES string of the molecule is CCNC(=NCc1cc(C)cc(OC)c1)NCc1c(CC)noc1CC. The second-order valence-corrected chi connectivity index (χ2v) is 6.15. The van der Waals surface area contributed by atoms with E-state index in [4.69, 9.17) is 14.3 Å². The number of aromatic nitrogens is 1. The quantitative estimate of drug-likeness (QED) is 0.559. The van der Waals surface area contributed by atoms with Crippen molar-refractivity contribution in [2.75, 3.05) is 13.7 Å². The van der Waals surface area contributed by atoms with Crippen molar-refractivity contribution in [2.24, 2.45) is 4.99 Å². The monoisotopic (exact) mass is 358 g/mol. The van der Waals surface area contributed by atoms with Gasteiger partial charge in [0.15, 0.2) is 5.96 Å². The van der Waals surface area contributed by atoms with Gasteiger partial charge in [-0.15, -0.1) is 0 Å². The minimum Gasteiger partial charge on any atom is -0.497 e. The van der Waals surface area contributed by atoms with Crippen LogP contribution in [0.5, 0.6) is 5.75 Å². The number of methoxy groups -OCH3 is 1. The first-order valence-corrected chi connectivity index (χ1v) is 9.24. The molecule has 0 atom stereocenters. The standard InChI is InChI=1S/C20H30N4O2/c1-6-18-17(19(7-2)26-24-18)13-23-20(21-8-3)22-12-15-9-14(4)10-16(11-15)25-5/h9-11H,6-8,12-13H2,1-5H3,(H2,21,22,23). The van der Waals surface area contributed by atoms with Crippen LogP contribution in [-0.4, -0.2) is 24.8 Å². The number of nitrogens with one attached hydrogen (secondary N) is 2. The molecule has 0 unspecified atom stereocenters. The number of nitrogens with zero attached hydrogens (tertiary/aromatic N) is 2. The number of aliphatic imine (C=N–C) groups is 1. The highest BCUT2D eigenvalue weighted by atomic mass is 16.5. The Morgan fingerprint density at radius 1 is 1.15 bits per heavy atom. The van der Waals surface area contributed by atoms with Gasteiger partial charge in [-0.1, -0.05) is 25.1 Å². The van der Waals surface area contributed by atoms with Gasteiger partial charge in [0.1, 0.15) is 11.5 Å². The number of aryl methyl sites for hydroxylation is 3. The highest BCUT2D eigenvalue weighted by molar-refractivity contribution is 5.79. The molecule has 2 aromatic rings. The summed E-state index contributed by atoms with van der Waals surface area (Å²) in [4.78, 5) is 4.70. The molecule has 2 N–H and O–H groups in total. The fraction of sp³-hybridized carbons (Fsp3) is 0.500. The van der Waals surface area contributed by atoms with Crippen LogP contribution in [0.25, 0.3) is 0 Å². The van der Waals surface area contributed by atoms with Gasteiger partial charge in [-0.2, -0.15) is 0 Å². The van der Waals surface area contributed by atoms with Gasteiger partial charge in [-0.25, -0.2) is 4.99 Å². The van der Waals surface area contributed by atoms with Gasteiger partial charge in [0.2, 0.25) is 0 Å². The molecule has 0 aliphatic carbocycles. The van der Waals surface area contributed by atoms with Crippen molar-refractivity contribution in [3.8, 4) is 5.75 Å². The Morgan fingerprint density at radius 2 is 1.96 bits per heavy atom. The van der Waals surface area contributed by atoms with Crippen LogP contribution < -0.4 is 15.4 Å². The fourth-order valence-corrected chi connectivity index (χ4v) is 2.86. The van der Waals surface area contributed by atoms with Crippen molar-refractivity contribution in [1.29, 1.82) is 0 Å². The smallest absolute Gasteiger partial charge is 0.191 e. The molecule has 0 amide bonds. The van der Waals surface area contributed by atoms with Crippen LogP contribution in [0.4, 0.5) is 0 Å². The molecule has 0 radical (unpaired) electrons. The Balaban J connectivity index is 2.10. The molecule has 1 aromatic heterocycles. The zero-order valence-corrected chi connectivity index (χ0v) is 16.5. The van der Waals surface area contributed by atoms with E-state index in [0.717, 1.165) is 59.2 Å². The summed E-state index contributed by atoms with van der Waals surface area (Å²) in [5.74, 6) is 2.57. The lowest BCUT2D eigenvalue weighted by atomic mass is 10.1. The number of hydrogen-bond donors (Lipinski definition) is 2. The van der Waals surface area contributed by atoms with Gasteiger partial charge < -0.3 is 19.9 Å². The second kappa shape index (κ2) is 9.85. The minimum absolute atomic E-state index is 0.582. The number of ether oxygens (including phenoxy) is 1. The van der Waals surface area contributed by atoms with Crippen LogP contribution >= 0.6 is 0 Å². The molecule has 2 rings (SSSR count). The van der Waals surface area contributed by atoms with E-state index in [1.807, 2.05) is 12.1 Å². The van der Waals surface area contributed by atoms with E-state index < -0.39 is 0 Å². The molecule has 0 saturated carbocycles. The van der Waals surface area contributed by atoms with Gasteiger partial charge in [0.05, 0.1) is 19.3 Å². The summed E-state index contributed by atoms with van der Waals surface area (Å²) < 4.78 is 10.8. The third-order valence-corrected chi connectivity index (χ3v) is 4.15. The predicted octanol–water partition coefficient (Wildman–Crippen LogP) is 3.37. The lowest BCUT2D eigenvalue weighted by molar-refractivity contribution is 0.380. The first-order chi connectivity index (χ1) is 12.6. The molecule has 0 fully saturated rings. The zero-order chi connectivity index (χ0) is 18.9. The van der Waals surface area contributed by atoms with E-state index in [1.165, 1.54) is 0 Å². The molecule has 26 heavy (non-hydrogen) atoms. The summed E-state index contributed by atoms with van der Waals surface area (Å²) >= 11 is 0. The Hall–Kier alpha value is -2.50. The van der Waals surface area contributed by atoms with Gasteiger partial charge >= 0.3 is 0 Å². The van der Waals surface area contributed by atoms with Crippen molar-refractivity contribution >= 4 is 5.96 Å². The Kier molecular flexibility index (Phi) is 7.51. The van der Waals surface area contributed by atoms with Crippen LogP contribution in [0.15, 0.2) is 27.7 Å². The number of guanidine groups is 1. The fourth-order valence-electron chi connectivity index (χ4n) is 2.86. The highest BCUT2D eigenvalue weighted by Crippen LogP contribution is 2.17. The molecule has 6 heteroatoms. The van der Waals surface area contributed by atoms with Crippen molar-refractivity contribution in [2.45, 2.75) is 53.6 Å². The van der Waals surface area contributed by atoms with E-state index in [2.05, 4.69) is 49.6 Å². The number of rotatable bonds is 8. The zero-order valence-electron chi connectivity index (χ0n) is 16.5.